The molecular formula is C32H37NO9. The Labute approximate surface area is 244 Å². The lowest BCUT2D eigenvalue weighted by atomic mass is 9.47. The number of allylic oxidation sites excluding steroid dienone is 4. The van der Waals surface area contributed by atoms with Crippen molar-refractivity contribution < 1.29 is 43.7 Å². The first-order chi connectivity index (χ1) is 19.9. The van der Waals surface area contributed by atoms with E-state index in [4.69, 9.17) is 14.6 Å². The Morgan fingerprint density at radius 1 is 1.02 bits per heavy atom. The van der Waals surface area contributed by atoms with E-state index >= 15 is 0 Å². The lowest BCUT2D eigenvalue weighted by molar-refractivity contribution is -0.142. The number of carboxylic acids is 1. The molecule has 10 nitrogen and oxygen atoms in total. The molecule has 1 saturated carbocycles. The van der Waals surface area contributed by atoms with Gasteiger partial charge in [0.05, 0.1) is 31.5 Å². The van der Waals surface area contributed by atoms with E-state index in [1.807, 2.05) is 6.08 Å². The summed E-state index contributed by atoms with van der Waals surface area (Å²) in [5.74, 6) is -4.42. The molecule has 0 radical (unpaired) electrons. The monoisotopic (exact) mass is 579 g/mol. The van der Waals surface area contributed by atoms with Gasteiger partial charge in [0, 0.05) is 42.5 Å². The molecule has 6 atom stereocenters. The second kappa shape index (κ2) is 11.0. The zero-order valence-corrected chi connectivity index (χ0v) is 24.3. The normalized spacial score (nSPS) is 30.3. The summed E-state index contributed by atoms with van der Waals surface area (Å²) in [7, 11) is 2.91. The molecule has 0 bridgehead atoms. The lowest BCUT2D eigenvalue weighted by Crippen LogP contribution is -2.54. The zero-order chi connectivity index (χ0) is 30.5. The Hall–Kier alpha value is -3.95. The Kier molecular flexibility index (Phi) is 7.76. The number of fused-ring (bicyclic) bond motifs is 4. The molecule has 5 rings (SSSR count). The number of rotatable bonds is 9. The molecule has 10 heteroatoms. The number of phenols is 1. The number of aromatic hydroxyl groups is 1. The predicted octanol–water partition coefficient (Wildman–Crippen LogP) is 3.81. The summed E-state index contributed by atoms with van der Waals surface area (Å²) >= 11 is 0. The van der Waals surface area contributed by atoms with Crippen LogP contribution in [-0.4, -0.2) is 65.2 Å². The van der Waals surface area contributed by atoms with Crippen LogP contribution in [0.1, 0.15) is 63.9 Å². The van der Waals surface area contributed by atoms with Gasteiger partial charge in [-0.05, 0) is 50.2 Å². The predicted molar refractivity (Wildman–Crippen MR) is 150 cm³/mol. The first-order valence-corrected chi connectivity index (χ1v) is 14.4. The largest absolute Gasteiger partial charge is 0.508 e. The first kappa shape index (κ1) is 29.5. The second-order valence-corrected chi connectivity index (χ2v) is 12.0. The Bertz CT molecular complexity index is 1400. The van der Waals surface area contributed by atoms with Gasteiger partial charge in [-0.1, -0.05) is 25.0 Å². The number of phenolic OH excluding ortho intramolecular Hbond substituents is 1. The molecule has 2 N–H and O–H groups in total. The zero-order valence-electron chi connectivity index (χ0n) is 24.3. The maximum absolute atomic E-state index is 14.0. The number of carbonyl (C=O) groups is 5. The molecule has 2 amide bonds. The summed E-state index contributed by atoms with van der Waals surface area (Å²) in [6.07, 6.45) is 5.50. The number of methoxy groups -OCH3 is 2. The van der Waals surface area contributed by atoms with Crippen LogP contribution in [0.2, 0.25) is 0 Å². The molecular weight excluding hydrogens is 542 g/mol. The molecule has 0 unspecified atom stereocenters. The number of likely N-dealkylation sites (tertiary alicyclic amines) is 1. The van der Waals surface area contributed by atoms with Gasteiger partial charge in [-0.15, -0.1) is 0 Å². The molecule has 1 aliphatic heterocycles. The van der Waals surface area contributed by atoms with Crippen LogP contribution in [0.4, 0.5) is 0 Å². The molecule has 2 fully saturated rings. The van der Waals surface area contributed by atoms with Crippen molar-refractivity contribution in [3.05, 3.63) is 41.0 Å². The number of ketones is 2. The minimum Gasteiger partial charge on any atom is -0.508 e. The topological polar surface area (TPSA) is 148 Å². The number of ether oxygens (including phenoxy) is 2. The number of benzene rings is 1. The van der Waals surface area contributed by atoms with Crippen LogP contribution < -0.4 is 9.47 Å². The van der Waals surface area contributed by atoms with E-state index in [1.165, 1.54) is 37.3 Å². The number of imide groups is 1. The molecule has 1 saturated heterocycles. The summed E-state index contributed by atoms with van der Waals surface area (Å²) in [5, 5.41) is 19.3. The average Bonchev–Trinajstić information content (AvgIpc) is 3.19. The standard InChI is InChI=1S/C32H37NO9/c1-16-12-22(35)21-15-20-18(9-10-19-26(20)31(40)33(30(19)39)11-7-5-6-8-25(36)37)28(32(21,2)29(16)38)27-23(41-3)13-17(34)14-24(27)42-4/h9,12-14,19-21,26,28,34H,5-8,10-11,15H2,1-4H3,(H,36,37)/t19-,20+,21-,26-,28+,32+/m0/s1. The van der Waals surface area contributed by atoms with Crippen LogP contribution in [0.15, 0.2) is 35.4 Å². The average molecular weight is 580 g/mol. The molecule has 1 aromatic rings. The van der Waals surface area contributed by atoms with Crippen molar-refractivity contribution in [1.29, 1.82) is 0 Å². The summed E-state index contributed by atoms with van der Waals surface area (Å²) in [6, 6.07) is 2.89. The van der Waals surface area contributed by atoms with Gasteiger partial charge in [0.1, 0.15) is 17.2 Å². The summed E-state index contributed by atoms with van der Waals surface area (Å²) < 4.78 is 11.4. The van der Waals surface area contributed by atoms with Crippen molar-refractivity contribution in [2.45, 2.75) is 58.3 Å². The van der Waals surface area contributed by atoms with Crippen molar-refractivity contribution in [3.63, 3.8) is 0 Å². The van der Waals surface area contributed by atoms with Crippen LogP contribution in [0.3, 0.4) is 0 Å². The number of unbranched alkanes of at least 4 members (excludes halogenated alkanes) is 2. The van der Waals surface area contributed by atoms with Crippen LogP contribution in [-0.2, 0) is 24.0 Å². The summed E-state index contributed by atoms with van der Waals surface area (Å²) in [6.45, 7) is 3.64. The fourth-order valence-corrected chi connectivity index (χ4v) is 7.92. The quantitative estimate of drug-likeness (QED) is 0.253. The van der Waals surface area contributed by atoms with Crippen molar-refractivity contribution in [3.8, 4) is 17.2 Å². The molecule has 42 heavy (non-hydrogen) atoms. The third-order valence-electron chi connectivity index (χ3n) is 9.82. The number of aliphatic carboxylic acids is 1. The highest BCUT2D eigenvalue weighted by Crippen LogP contribution is 2.64. The van der Waals surface area contributed by atoms with Crippen molar-refractivity contribution in [1.82, 2.24) is 4.90 Å². The number of hydrogen-bond donors (Lipinski definition) is 2. The lowest BCUT2D eigenvalue weighted by Gasteiger charge is -2.54. The maximum atomic E-state index is 14.0. The number of amides is 2. The van der Waals surface area contributed by atoms with Gasteiger partial charge in [0.15, 0.2) is 11.6 Å². The van der Waals surface area contributed by atoms with Crippen molar-refractivity contribution in [2.24, 2.45) is 29.1 Å². The molecule has 0 aromatic heterocycles. The van der Waals surface area contributed by atoms with Gasteiger partial charge in [-0.3, -0.25) is 28.9 Å². The van der Waals surface area contributed by atoms with Crippen LogP contribution >= 0.6 is 0 Å². The Morgan fingerprint density at radius 2 is 1.69 bits per heavy atom. The molecule has 0 spiro atoms. The van der Waals surface area contributed by atoms with Crippen molar-refractivity contribution >= 4 is 29.4 Å². The van der Waals surface area contributed by atoms with Crippen LogP contribution in [0, 0.1) is 29.1 Å². The number of hydrogen-bond acceptors (Lipinski definition) is 8. The minimum atomic E-state index is -1.21. The van der Waals surface area contributed by atoms with Gasteiger partial charge in [0.25, 0.3) is 0 Å². The second-order valence-electron chi connectivity index (χ2n) is 12.0. The summed E-state index contributed by atoms with van der Waals surface area (Å²) in [4.78, 5) is 67.1. The highest BCUT2D eigenvalue weighted by Gasteiger charge is 2.64. The Balaban J connectivity index is 1.58. The van der Waals surface area contributed by atoms with E-state index < -0.39 is 41.0 Å². The van der Waals surface area contributed by atoms with Gasteiger partial charge >= 0.3 is 5.97 Å². The van der Waals surface area contributed by atoms with E-state index in [1.54, 1.807) is 13.8 Å². The number of nitrogens with zero attached hydrogens (tertiary/aromatic N) is 1. The molecule has 1 heterocycles. The van der Waals surface area contributed by atoms with Gasteiger partial charge in [-0.2, -0.15) is 0 Å². The van der Waals surface area contributed by atoms with Crippen molar-refractivity contribution in [2.75, 3.05) is 20.8 Å². The maximum Gasteiger partial charge on any atom is 0.303 e. The van der Waals surface area contributed by atoms with Gasteiger partial charge < -0.3 is 19.7 Å². The van der Waals surface area contributed by atoms with Crippen LogP contribution in [0.5, 0.6) is 17.2 Å². The number of carboxylic acid groups (broad SMARTS) is 1. The van der Waals surface area contributed by atoms with Crippen LogP contribution in [0.25, 0.3) is 0 Å². The van der Waals surface area contributed by atoms with E-state index in [-0.39, 0.29) is 48.5 Å². The molecule has 224 valence electrons. The fraction of sp³-hybridized carbons (Fsp3) is 0.531. The van der Waals surface area contributed by atoms with E-state index in [9.17, 15) is 29.1 Å². The van der Waals surface area contributed by atoms with E-state index in [2.05, 4.69) is 0 Å². The third kappa shape index (κ3) is 4.51. The minimum absolute atomic E-state index is 0.0366. The van der Waals surface area contributed by atoms with Gasteiger partial charge in [0.2, 0.25) is 11.8 Å². The summed E-state index contributed by atoms with van der Waals surface area (Å²) in [5.41, 5.74) is 0.465. The fourth-order valence-electron chi connectivity index (χ4n) is 7.92. The highest BCUT2D eigenvalue weighted by atomic mass is 16.5. The molecule has 4 aliphatic rings. The highest BCUT2D eigenvalue weighted by molar-refractivity contribution is 6.13. The third-order valence-corrected chi connectivity index (χ3v) is 9.82. The van der Waals surface area contributed by atoms with E-state index in [0.717, 1.165) is 5.57 Å². The molecule has 1 aromatic carbocycles. The SMILES string of the molecule is COc1cc(O)cc(OC)c1[C@H]1C2=CC[C@@H]3C(=O)N(CCCCCC(=O)O)C(=O)[C@@H]3[C@@H]2C[C@H]2C(=O)C=C(C)C(=O)[C@@]12C. The Morgan fingerprint density at radius 3 is 2.31 bits per heavy atom. The van der Waals surface area contributed by atoms with Gasteiger partial charge in [-0.25, -0.2) is 0 Å². The smallest absolute Gasteiger partial charge is 0.303 e. The number of carbonyl (C=O) groups excluding carboxylic acids is 4. The number of Topliss-reactive ketones (excluding diaryl/α,β-unsaturated/α-hetero) is 1. The van der Waals surface area contributed by atoms with E-state index in [0.29, 0.717) is 48.3 Å². The molecule has 3 aliphatic carbocycles. The first-order valence-electron chi connectivity index (χ1n) is 14.4.